The third-order valence-electron chi connectivity index (χ3n) is 4.54. The second kappa shape index (κ2) is 4.30. The molecule has 0 aromatic heterocycles. The molecular weight excluding hydrogens is 228 g/mol. The lowest BCUT2D eigenvalue weighted by Gasteiger charge is -2.27. The van der Waals surface area contributed by atoms with Crippen molar-refractivity contribution in [2.45, 2.75) is 37.5 Å². The average molecular weight is 246 g/mol. The van der Waals surface area contributed by atoms with Gasteiger partial charge in [-0.1, -0.05) is 18.9 Å². The van der Waals surface area contributed by atoms with Crippen LogP contribution in [-0.4, -0.2) is 18.2 Å². The molecule has 1 aromatic carbocycles. The molecule has 3 heteroatoms. The van der Waals surface area contributed by atoms with E-state index in [1.54, 1.807) is 7.11 Å². The zero-order valence-electron chi connectivity index (χ0n) is 10.6. The summed E-state index contributed by atoms with van der Waals surface area (Å²) in [5, 5.41) is 9.52. The number of hydrogen-bond donors (Lipinski definition) is 1. The summed E-state index contributed by atoms with van der Waals surface area (Å²) >= 11 is 0. The molecule has 3 rings (SSSR count). The summed E-state index contributed by atoms with van der Waals surface area (Å²) < 4.78 is 5.23. The van der Waals surface area contributed by atoms with Crippen LogP contribution >= 0.6 is 0 Å². The van der Waals surface area contributed by atoms with Crippen molar-refractivity contribution in [1.29, 1.82) is 0 Å². The fraction of sp³-hybridized carbons (Fsp3) is 0.533. The largest absolute Gasteiger partial charge is 0.497 e. The van der Waals surface area contributed by atoms with E-state index in [-0.39, 0.29) is 5.92 Å². The van der Waals surface area contributed by atoms with Gasteiger partial charge in [-0.05, 0) is 47.9 Å². The zero-order chi connectivity index (χ0) is 12.7. The lowest BCUT2D eigenvalue weighted by atomic mass is 9.76. The summed E-state index contributed by atoms with van der Waals surface area (Å²) in [6, 6.07) is 5.95. The Hall–Kier alpha value is -1.51. The van der Waals surface area contributed by atoms with Crippen LogP contribution in [0, 0.1) is 5.92 Å². The van der Waals surface area contributed by atoms with Crippen LogP contribution in [0.3, 0.4) is 0 Å². The van der Waals surface area contributed by atoms with Gasteiger partial charge >= 0.3 is 5.97 Å². The Morgan fingerprint density at radius 1 is 1.28 bits per heavy atom. The minimum Gasteiger partial charge on any atom is -0.497 e. The fourth-order valence-corrected chi connectivity index (χ4v) is 3.78. The van der Waals surface area contributed by atoms with Crippen LogP contribution in [0.5, 0.6) is 5.75 Å². The van der Waals surface area contributed by atoms with Crippen LogP contribution < -0.4 is 4.74 Å². The molecule has 0 radical (unpaired) electrons. The summed E-state index contributed by atoms with van der Waals surface area (Å²) in [6.45, 7) is 0. The van der Waals surface area contributed by atoms with Crippen LogP contribution in [0.2, 0.25) is 0 Å². The highest BCUT2D eigenvalue weighted by Gasteiger charge is 2.45. The number of carboxylic acids is 1. The molecule has 2 aliphatic carbocycles. The Morgan fingerprint density at radius 3 is 2.78 bits per heavy atom. The number of carboxylic acid groups (broad SMARTS) is 1. The van der Waals surface area contributed by atoms with Crippen molar-refractivity contribution < 1.29 is 14.6 Å². The smallest absolute Gasteiger partial charge is 0.311 e. The van der Waals surface area contributed by atoms with Crippen LogP contribution in [0.4, 0.5) is 0 Å². The predicted octanol–water partition coefficient (Wildman–Crippen LogP) is 3.15. The van der Waals surface area contributed by atoms with Crippen LogP contribution in [0.1, 0.15) is 48.6 Å². The van der Waals surface area contributed by atoms with Gasteiger partial charge in [0.1, 0.15) is 5.75 Å². The van der Waals surface area contributed by atoms with Crippen molar-refractivity contribution in [3.8, 4) is 5.75 Å². The molecular formula is C15H18O3. The van der Waals surface area contributed by atoms with Gasteiger partial charge in [0.2, 0.25) is 0 Å². The molecule has 1 saturated carbocycles. The molecule has 96 valence electrons. The SMILES string of the molecule is COc1ccc2c(c1)[C@@H](C(=O)O)C1CCCC[C@@H]21. The first-order valence-corrected chi connectivity index (χ1v) is 6.63. The van der Waals surface area contributed by atoms with Crippen molar-refractivity contribution in [3.63, 3.8) is 0 Å². The lowest BCUT2D eigenvalue weighted by molar-refractivity contribution is -0.140. The van der Waals surface area contributed by atoms with E-state index in [1.165, 1.54) is 12.0 Å². The Kier molecular flexibility index (Phi) is 2.77. The number of hydrogen-bond acceptors (Lipinski definition) is 2. The molecule has 0 spiro atoms. The third kappa shape index (κ3) is 1.61. The fourth-order valence-electron chi connectivity index (χ4n) is 3.78. The lowest BCUT2D eigenvalue weighted by Crippen LogP contribution is -2.22. The highest BCUT2D eigenvalue weighted by atomic mass is 16.5. The van der Waals surface area contributed by atoms with Crippen LogP contribution in [-0.2, 0) is 4.79 Å². The molecule has 3 atom stereocenters. The molecule has 0 amide bonds. The van der Waals surface area contributed by atoms with E-state index in [1.807, 2.05) is 12.1 Å². The van der Waals surface area contributed by atoms with E-state index in [9.17, 15) is 9.90 Å². The number of benzene rings is 1. The molecule has 0 heterocycles. The topological polar surface area (TPSA) is 46.5 Å². The Labute approximate surface area is 107 Å². The zero-order valence-corrected chi connectivity index (χ0v) is 10.6. The van der Waals surface area contributed by atoms with E-state index in [0.29, 0.717) is 11.8 Å². The molecule has 1 aromatic rings. The highest BCUT2D eigenvalue weighted by Crippen LogP contribution is 2.53. The van der Waals surface area contributed by atoms with Crippen LogP contribution in [0.25, 0.3) is 0 Å². The van der Waals surface area contributed by atoms with E-state index < -0.39 is 5.97 Å². The van der Waals surface area contributed by atoms with Crippen molar-refractivity contribution in [2.24, 2.45) is 5.92 Å². The summed E-state index contributed by atoms with van der Waals surface area (Å²) in [5.41, 5.74) is 2.23. The minimum atomic E-state index is -0.682. The van der Waals surface area contributed by atoms with Crippen molar-refractivity contribution >= 4 is 5.97 Å². The standard InChI is InChI=1S/C15H18O3/c1-18-9-6-7-11-10-4-2-3-5-12(10)14(15(16)17)13(11)8-9/h6-8,10,12,14H,2-5H2,1H3,(H,16,17)/t10-,12?,14-/m0/s1. The van der Waals surface area contributed by atoms with E-state index in [2.05, 4.69) is 6.07 Å². The maximum atomic E-state index is 11.6. The van der Waals surface area contributed by atoms with Gasteiger partial charge in [-0.2, -0.15) is 0 Å². The average Bonchev–Trinajstić information content (AvgIpc) is 2.72. The Morgan fingerprint density at radius 2 is 2.06 bits per heavy atom. The van der Waals surface area contributed by atoms with Crippen molar-refractivity contribution in [3.05, 3.63) is 29.3 Å². The van der Waals surface area contributed by atoms with Gasteiger partial charge in [0, 0.05) is 0 Å². The number of aliphatic carboxylic acids is 1. The first kappa shape index (κ1) is 11.6. The van der Waals surface area contributed by atoms with Crippen molar-refractivity contribution in [1.82, 2.24) is 0 Å². The van der Waals surface area contributed by atoms with Crippen molar-refractivity contribution in [2.75, 3.05) is 7.11 Å². The Bertz CT molecular complexity index is 481. The second-order valence-corrected chi connectivity index (χ2v) is 5.37. The summed E-state index contributed by atoms with van der Waals surface area (Å²) in [7, 11) is 1.62. The number of carbonyl (C=O) groups is 1. The van der Waals surface area contributed by atoms with E-state index in [0.717, 1.165) is 30.6 Å². The van der Waals surface area contributed by atoms with E-state index >= 15 is 0 Å². The summed E-state index contributed by atoms with van der Waals surface area (Å²) in [5.74, 6) is 0.483. The summed E-state index contributed by atoms with van der Waals surface area (Å²) in [6.07, 6.45) is 4.56. The number of fused-ring (bicyclic) bond motifs is 3. The first-order valence-electron chi connectivity index (χ1n) is 6.63. The van der Waals surface area contributed by atoms with Crippen LogP contribution in [0.15, 0.2) is 18.2 Å². The van der Waals surface area contributed by atoms with Gasteiger partial charge in [0.25, 0.3) is 0 Å². The van der Waals surface area contributed by atoms with Gasteiger partial charge in [0.05, 0.1) is 13.0 Å². The number of ether oxygens (including phenoxy) is 1. The molecule has 0 bridgehead atoms. The van der Waals surface area contributed by atoms with E-state index in [4.69, 9.17) is 4.74 Å². The van der Waals surface area contributed by atoms with Gasteiger partial charge in [0.15, 0.2) is 0 Å². The quantitative estimate of drug-likeness (QED) is 0.872. The molecule has 2 aliphatic rings. The Balaban J connectivity index is 2.09. The minimum absolute atomic E-state index is 0.290. The van der Waals surface area contributed by atoms with Gasteiger partial charge < -0.3 is 9.84 Å². The molecule has 0 aliphatic heterocycles. The van der Waals surface area contributed by atoms with Gasteiger partial charge in [-0.25, -0.2) is 0 Å². The molecule has 0 saturated heterocycles. The molecule has 1 fully saturated rings. The van der Waals surface area contributed by atoms with Gasteiger partial charge in [-0.15, -0.1) is 0 Å². The molecule has 1 N–H and O–H groups in total. The third-order valence-corrected chi connectivity index (χ3v) is 4.54. The molecule has 3 nitrogen and oxygen atoms in total. The number of rotatable bonds is 2. The molecule has 18 heavy (non-hydrogen) atoms. The number of methoxy groups -OCH3 is 1. The second-order valence-electron chi connectivity index (χ2n) is 5.37. The predicted molar refractivity (Wildman–Crippen MR) is 68.1 cm³/mol. The van der Waals surface area contributed by atoms with Gasteiger partial charge in [-0.3, -0.25) is 4.79 Å². The normalized spacial score (nSPS) is 29.5. The molecule has 1 unspecified atom stereocenters. The first-order chi connectivity index (χ1) is 8.72. The monoisotopic (exact) mass is 246 g/mol. The highest BCUT2D eigenvalue weighted by molar-refractivity contribution is 5.79. The summed E-state index contributed by atoms with van der Waals surface area (Å²) in [4.78, 5) is 11.6. The maximum absolute atomic E-state index is 11.6. The maximum Gasteiger partial charge on any atom is 0.311 e.